The molecule has 0 N–H and O–H groups in total. The van der Waals surface area contributed by atoms with E-state index in [-0.39, 0.29) is 70.8 Å². The van der Waals surface area contributed by atoms with Gasteiger partial charge in [0.15, 0.2) is 0 Å². The van der Waals surface area contributed by atoms with Gasteiger partial charge in [-0.1, -0.05) is 20.8 Å². The summed E-state index contributed by atoms with van der Waals surface area (Å²) < 4.78 is 0. The van der Waals surface area contributed by atoms with Crippen molar-refractivity contribution in [3.05, 3.63) is 43.7 Å². The van der Waals surface area contributed by atoms with Gasteiger partial charge in [0.1, 0.15) is 0 Å². The Hall–Kier alpha value is 1.23. The molecule has 1 aromatic carbocycles. The van der Waals surface area contributed by atoms with E-state index in [4.69, 9.17) is 0 Å². The number of anilines is 1. The van der Waals surface area contributed by atoms with Crippen LogP contribution in [0.4, 0.5) is 5.69 Å². The summed E-state index contributed by atoms with van der Waals surface area (Å²) >= 11 is 0. The van der Waals surface area contributed by atoms with Crippen LogP contribution in [0.25, 0.3) is 0 Å². The van der Waals surface area contributed by atoms with Gasteiger partial charge < -0.3 is 30.9 Å². The van der Waals surface area contributed by atoms with Crippen LogP contribution in [0.15, 0.2) is 12.1 Å². The number of hydrogen-bond donors (Lipinski definition) is 0. The van der Waals surface area contributed by atoms with Crippen LogP contribution >= 0.6 is 0 Å². The molecule has 3 heteroatoms. The first-order chi connectivity index (χ1) is 6.99. The van der Waals surface area contributed by atoms with Gasteiger partial charge in [-0.2, -0.15) is 0 Å². The molecule has 0 heterocycles. The van der Waals surface area contributed by atoms with Crippen molar-refractivity contribution in [3.8, 4) is 0 Å². The minimum atomic E-state index is 0. The van der Waals surface area contributed by atoms with Crippen molar-refractivity contribution in [2.45, 2.75) is 26.2 Å². The summed E-state index contributed by atoms with van der Waals surface area (Å²) in [5.41, 5.74) is 2.36. The van der Waals surface area contributed by atoms with Crippen molar-refractivity contribution in [2.24, 2.45) is 0 Å². The van der Waals surface area contributed by atoms with Gasteiger partial charge in [0.2, 0.25) is 0 Å². The maximum atomic E-state index is 3.85. The molecule has 0 saturated heterocycles. The summed E-state index contributed by atoms with van der Waals surface area (Å²) in [5.74, 6) is 0. The van der Waals surface area contributed by atoms with Gasteiger partial charge >= 0.3 is 0 Å². The van der Waals surface area contributed by atoms with E-state index in [0.717, 1.165) is 5.69 Å². The second kappa shape index (κ2) is 9.18. The molecule has 0 atom stereocenters. The second-order valence-corrected chi connectivity index (χ2v) is 4.62. The van der Waals surface area contributed by atoms with E-state index in [2.05, 4.69) is 46.8 Å². The molecule has 1 rings (SSSR count). The maximum absolute atomic E-state index is 3.85. The smallest absolute Gasteiger partial charge is 0 e. The molecular weight excluding hydrogens is 360 g/mol. The summed E-state index contributed by atoms with van der Waals surface area (Å²) in [6, 6.07) is 10.5. The fraction of sp³-hybridized carbons (Fsp3) is 0.429. The molecule has 1 aromatic rings. The monoisotopic (exact) mass is 379 g/mol. The molecule has 0 fully saturated rings. The van der Waals surface area contributed by atoms with Crippen LogP contribution in [0, 0.1) is 26.0 Å². The van der Waals surface area contributed by atoms with E-state index in [9.17, 15) is 0 Å². The molecule has 0 aliphatic carbocycles. The molecule has 0 bridgehead atoms. The van der Waals surface area contributed by atoms with Crippen molar-refractivity contribution in [1.82, 2.24) is 0 Å². The number of hydrogen-bond acceptors (Lipinski definition) is 1. The van der Waals surface area contributed by atoms with Crippen molar-refractivity contribution in [3.63, 3.8) is 0 Å². The molecule has 0 spiro atoms. The average molecular weight is 379 g/mol. The van der Waals surface area contributed by atoms with Crippen LogP contribution in [0.3, 0.4) is 0 Å². The van der Waals surface area contributed by atoms with E-state index < -0.39 is 0 Å². The quantitative estimate of drug-likeness (QED) is 0.730. The van der Waals surface area contributed by atoms with Gasteiger partial charge in [-0.3, -0.25) is 17.7 Å². The topological polar surface area (TPSA) is 3.24 Å². The van der Waals surface area contributed by atoms with Crippen LogP contribution in [-0.4, -0.2) is 13.1 Å². The average Bonchev–Trinajstić information content (AvgIpc) is 2.19. The first-order valence-corrected chi connectivity index (χ1v) is 5.26. The summed E-state index contributed by atoms with van der Waals surface area (Å²) in [6.45, 7) is 15.7. The molecule has 0 aliphatic rings. The molecular formula is C14H19NY2-4. The Morgan fingerprint density at radius 2 is 1.47 bits per heavy atom. The standard InChI is InChI=1S/C14H19N.2Y/c1-6-15(7-2)13-10-8-12(9-11-13)14(3,4)5;;/h8-9H,1-2,6-7H2,3-5H3;;/q-4;;. The van der Waals surface area contributed by atoms with E-state index in [1.54, 1.807) is 0 Å². The molecule has 0 unspecified atom stereocenters. The van der Waals surface area contributed by atoms with Gasteiger partial charge in [-0.15, -0.1) is 18.5 Å². The van der Waals surface area contributed by atoms with E-state index in [1.165, 1.54) is 5.56 Å². The number of rotatable bonds is 3. The Morgan fingerprint density at radius 3 is 1.76 bits per heavy atom. The number of nitrogens with zero attached hydrogens (tertiary/aromatic N) is 1. The fourth-order valence-electron chi connectivity index (χ4n) is 1.33. The molecule has 0 aliphatic heterocycles. The molecule has 0 amide bonds. The third-order valence-corrected chi connectivity index (χ3v) is 2.45. The fourth-order valence-corrected chi connectivity index (χ4v) is 1.33. The minimum Gasteiger partial charge on any atom is -0.476 e. The zero-order chi connectivity index (χ0) is 11.5. The largest absolute Gasteiger partial charge is 0.476 e. The molecule has 0 aromatic heterocycles. The summed E-state index contributed by atoms with van der Waals surface area (Å²) in [6.07, 6.45) is 0. The minimum absolute atomic E-state index is 0. The summed E-state index contributed by atoms with van der Waals surface area (Å²) in [5, 5.41) is 0. The van der Waals surface area contributed by atoms with Crippen LogP contribution in [0.5, 0.6) is 0 Å². The summed E-state index contributed by atoms with van der Waals surface area (Å²) in [4.78, 5) is 2.03. The molecule has 90 valence electrons. The van der Waals surface area contributed by atoms with Gasteiger partial charge in [-0.05, 0) is 0 Å². The van der Waals surface area contributed by atoms with Gasteiger partial charge in [-0.25, -0.2) is 5.69 Å². The number of benzene rings is 1. The Bertz CT molecular complexity index is 297. The van der Waals surface area contributed by atoms with Crippen molar-refractivity contribution in [1.29, 1.82) is 0 Å². The molecule has 2 radical (unpaired) electrons. The first kappa shape index (κ1) is 20.5. The van der Waals surface area contributed by atoms with E-state index >= 15 is 0 Å². The van der Waals surface area contributed by atoms with Crippen molar-refractivity contribution in [2.75, 3.05) is 18.0 Å². The van der Waals surface area contributed by atoms with Crippen LogP contribution in [0.1, 0.15) is 26.3 Å². The van der Waals surface area contributed by atoms with E-state index in [1.807, 2.05) is 17.0 Å². The second-order valence-electron chi connectivity index (χ2n) is 4.62. The van der Waals surface area contributed by atoms with Gasteiger partial charge in [0.25, 0.3) is 0 Å². The van der Waals surface area contributed by atoms with Gasteiger partial charge in [0, 0.05) is 65.4 Å². The third kappa shape index (κ3) is 6.28. The van der Waals surface area contributed by atoms with Crippen LogP contribution in [-0.2, 0) is 70.8 Å². The first-order valence-electron chi connectivity index (χ1n) is 5.26. The predicted molar refractivity (Wildman–Crippen MR) is 65.7 cm³/mol. The van der Waals surface area contributed by atoms with Crippen LogP contribution in [0.2, 0.25) is 0 Å². The van der Waals surface area contributed by atoms with Crippen molar-refractivity contribution >= 4 is 5.69 Å². The molecule has 17 heavy (non-hydrogen) atoms. The Balaban J connectivity index is 0. The predicted octanol–water partition coefficient (Wildman–Crippen LogP) is 3.05. The zero-order valence-electron chi connectivity index (χ0n) is 11.1. The van der Waals surface area contributed by atoms with Crippen LogP contribution < -0.4 is 4.90 Å². The molecule has 1 nitrogen and oxygen atoms in total. The normalized spacial score (nSPS) is 10.2. The third-order valence-electron chi connectivity index (χ3n) is 2.45. The Labute approximate surface area is 157 Å². The maximum Gasteiger partial charge on any atom is 0 e. The molecule has 0 saturated carbocycles. The van der Waals surface area contributed by atoms with Crippen molar-refractivity contribution < 1.29 is 65.4 Å². The zero-order valence-corrected chi connectivity index (χ0v) is 16.8. The Kier molecular flexibility index (Phi) is 11.1. The summed E-state index contributed by atoms with van der Waals surface area (Å²) in [7, 11) is 0. The van der Waals surface area contributed by atoms with Gasteiger partial charge in [0.05, 0.1) is 0 Å². The SMILES string of the molecule is [CH2-]CN(C[CH2-])c1[c-]cc(C(C)(C)C)c[c-]1.[Y].[Y]. The van der Waals surface area contributed by atoms with E-state index in [0.29, 0.717) is 13.1 Å². The Morgan fingerprint density at radius 1 is 1.06 bits per heavy atom.